The van der Waals surface area contributed by atoms with Gasteiger partial charge in [-0.25, -0.2) is 9.98 Å². The van der Waals surface area contributed by atoms with Gasteiger partial charge in [0, 0.05) is 61.2 Å². The fraction of sp³-hybridized carbons (Fsp3) is 0.0968. The molecule has 0 amide bonds. The Bertz CT molecular complexity index is 4180. The molecule has 0 saturated heterocycles. The predicted molar refractivity (Wildman–Crippen MR) is 279 cm³/mol. The van der Waals surface area contributed by atoms with Crippen LogP contribution in [0.5, 0.6) is 0 Å². The molecular weight excluding hydrogens is 819 g/mol. The number of para-hydroxylation sites is 2. The maximum Gasteiger partial charge on any atom is 0.160 e. The number of aromatic nitrogens is 1. The number of fused-ring (bicyclic) bond motifs is 13. The van der Waals surface area contributed by atoms with E-state index < -0.39 is 0 Å². The zero-order chi connectivity index (χ0) is 44.3. The number of hydrogen-bond acceptors (Lipinski definition) is 4. The third-order valence-corrected chi connectivity index (χ3v) is 14.6. The Morgan fingerprint density at radius 2 is 1.19 bits per heavy atom. The van der Waals surface area contributed by atoms with Gasteiger partial charge in [0.05, 0.1) is 22.4 Å². The average Bonchev–Trinajstić information content (AvgIpc) is 4.05. The monoisotopic (exact) mass is 861 g/mol. The van der Waals surface area contributed by atoms with E-state index in [0.717, 1.165) is 84.3 Å². The summed E-state index contributed by atoms with van der Waals surface area (Å²) >= 11 is 0. The van der Waals surface area contributed by atoms with Crippen molar-refractivity contribution in [1.29, 1.82) is 0 Å². The van der Waals surface area contributed by atoms with Crippen molar-refractivity contribution >= 4 is 105 Å². The van der Waals surface area contributed by atoms with Gasteiger partial charge >= 0.3 is 0 Å². The van der Waals surface area contributed by atoms with E-state index >= 15 is 0 Å². The number of amidine groups is 1. The third kappa shape index (κ3) is 5.74. The largest absolute Gasteiger partial charge is 0.456 e. The molecule has 0 bridgehead atoms. The topological polar surface area (TPSA) is 55.9 Å². The van der Waals surface area contributed by atoms with Crippen LogP contribution in [0.25, 0.3) is 98.8 Å². The standard InChI is InChI=1S/C62H43N3O2/c1-36-26-30-50(42-29-33-56-57(37(42)2)46-21-9-11-24-54(46)66-56)63-62(64-60(36)45-23-13-18-38-14-5-7-19-43(38)45)48-28-32-52(61-59(48)47-22-10-12-25-55(47)67-61)65-51-31-27-39-15-6-8-20-44(39)58(51)49-34-40-16-3-4-17-41(40)35-53(49)65/h3-25,27-37,42H,26H2,1-2H3/b50-30+,63-62?,64-60?. The van der Waals surface area contributed by atoms with Gasteiger partial charge in [0.2, 0.25) is 0 Å². The second kappa shape index (κ2) is 14.6. The molecule has 0 fully saturated rings. The lowest BCUT2D eigenvalue weighted by atomic mass is 9.79. The van der Waals surface area contributed by atoms with Gasteiger partial charge in [0.1, 0.15) is 16.9 Å². The quantitative estimate of drug-likeness (QED) is 0.177. The number of furan rings is 2. The molecule has 2 aliphatic rings. The van der Waals surface area contributed by atoms with Crippen LogP contribution in [0.2, 0.25) is 0 Å². The molecule has 0 radical (unpaired) electrons. The summed E-state index contributed by atoms with van der Waals surface area (Å²) in [7, 11) is 0. The van der Waals surface area contributed by atoms with Crippen LogP contribution in [-0.2, 0) is 0 Å². The van der Waals surface area contributed by atoms with Gasteiger partial charge in [-0.15, -0.1) is 0 Å². The Hall–Kier alpha value is -8.28. The number of hydrogen-bond donors (Lipinski definition) is 0. The Labute approximate surface area is 386 Å². The lowest BCUT2D eigenvalue weighted by molar-refractivity contribution is 0.552. The molecule has 0 N–H and O–H groups in total. The van der Waals surface area contributed by atoms with Crippen molar-refractivity contribution in [3.05, 3.63) is 216 Å². The van der Waals surface area contributed by atoms with Crippen LogP contribution in [0.4, 0.5) is 0 Å². The van der Waals surface area contributed by atoms with Crippen molar-refractivity contribution in [2.75, 3.05) is 0 Å². The highest BCUT2D eigenvalue weighted by Crippen LogP contribution is 2.46. The SMILES string of the molecule is CC1C/C=C(\C2C=Cc3oc4ccccc4c3C2C)N=C(c2ccc(-n3c4cc5ccccc5cc4c4c5ccccc5ccc43)c3oc4ccccc4c23)N=C1c1cccc2ccccc12. The highest BCUT2D eigenvalue weighted by atomic mass is 16.3. The summed E-state index contributed by atoms with van der Waals surface area (Å²) in [6, 6.07) is 63.1. The van der Waals surface area contributed by atoms with Gasteiger partial charge < -0.3 is 13.4 Å². The second-order valence-corrected chi connectivity index (χ2v) is 18.4. The van der Waals surface area contributed by atoms with Crippen molar-refractivity contribution in [1.82, 2.24) is 4.57 Å². The normalized spacial score (nSPS) is 18.5. The molecule has 5 heteroatoms. The van der Waals surface area contributed by atoms with Gasteiger partial charge in [0.15, 0.2) is 11.4 Å². The first-order valence-electron chi connectivity index (χ1n) is 23.4. The smallest absolute Gasteiger partial charge is 0.160 e. The molecule has 318 valence electrons. The van der Waals surface area contributed by atoms with Crippen LogP contribution in [0.3, 0.4) is 0 Å². The predicted octanol–water partition coefficient (Wildman–Crippen LogP) is 16.5. The van der Waals surface area contributed by atoms with Crippen LogP contribution >= 0.6 is 0 Å². The van der Waals surface area contributed by atoms with Crippen molar-refractivity contribution in [3.8, 4) is 5.69 Å². The number of nitrogens with zero attached hydrogens (tertiary/aromatic N) is 3. The highest BCUT2D eigenvalue weighted by molar-refractivity contribution is 6.27. The second-order valence-electron chi connectivity index (χ2n) is 18.4. The van der Waals surface area contributed by atoms with Crippen molar-refractivity contribution in [3.63, 3.8) is 0 Å². The van der Waals surface area contributed by atoms with Gasteiger partial charge in [0.25, 0.3) is 0 Å². The molecule has 4 heterocycles. The molecule has 3 aromatic heterocycles. The molecule has 9 aromatic carbocycles. The van der Waals surface area contributed by atoms with E-state index in [9.17, 15) is 0 Å². The minimum Gasteiger partial charge on any atom is -0.456 e. The van der Waals surface area contributed by atoms with E-state index in [4.69, 9.17) is 18.8 Å². The molecule has 5 nitrogen and oxygen atoms in total. The minimum absolute atomic E-state index is 0.00289. The van der Waals surface area contributed by atoms with E-state index in [-0.39, 0.29) is 17.8 Å². The van der Waals surface area contributed by atoms with Crippen LogP contribution in [0, 0.1) is 11.8 Å². The summed E-state index contributed by atoms with van der Waals surface area (Å²) in [5.74, 6) is 1.82. The maximum atomic E-state index is 7.13. The molecule has 12 aromatic rings. The lowest BCUT2D eigenvalue weighted by Gasteiger charge is -2.27. The van der Waals surface area contributed by atoms with Crippen LogP contribution in [-0.4, -0.2) is 16.1 Å². The Kier molecular flexibility index (Phi) is 8.30. The Balaban J connectivity index is 1.05. The van der Waals surface area contributed by atoms with E-state index in [1.54, 1.807) is 0 Å². The molecule has 0 spiro atoms. The van der Waals surface area contributed by atoms with Gasteiger partial charge in [-0.3, -0.25) is 0 Å². The summed E-state index contributed by atoms with van der Waals surface area (Å²) in [6.45, 7) is 4.62. The van der Waals surface area contributed by atoms with Gasteiger partial charge in [-0.2, -0.15) is 0 Å². The van der Waals surface area contributed by atoms with Crippen LogP contribution in [0.15, 0.2) is 213 Å². The number of rotatable bonds is 4. The fourth-order valence-corrected chi connectivity index (χ4v) is 11.4. The molecule has 1 aliphatic carbocycles. The minimum atomic E-state index is 0.00289. The summed E-state index contributed by atoms with van der Waals surface area (Å²) < 4.78 is 15.9. The number of allylic oxidation sites excluding steroid dienone is 2. The maximum absolute atomic E-state index is 7.13. The zero-order valence-corrected chi connectivity index (χ0v) is 37.1. The third-order valence-electron chi connectivity index (χ3n) is 14.6. The van der Waals surface area contributed by atoms with Crippen LogP contribution < -0.4 is 0 Å². The molecule has 67 heavy (non-hydrogen) atoms. The van der Waals surface area contributed by atoms with Crippen LogP contribution in [0.1, 0.15) is 48.6 Å². The lowest BCUT2D eigenvalue weighted by Crippen LogP contribution is -2.20. The van der Waals surface area contributed by atoms with E-state index in [2.05, 4.69) is 207 Å². The number of benzene rings is 9. The van der Waals surface area contributed by atoms with Crippen molar-refractivity contribution in [2.45, 2.75) is 26.2 Å². The molecular formula is C62H43N3O2. The van der Waals surface area contributed by atoms with Crippen molar-refractivity contribution < 1.29 is 8.83 Å². The zero-order valence-electron chi connectivity index (χ0n) is 37.1. The van der Waals surface area contributed by atoms with E-state index in [1.165, 1.54) is 48.7 Å². The summed E-state index contributed by atoms with van der Waals surface area (Å²) in [5.41, 5.74) is 11.1. The number of aliphatic imine (C=N–C) groups is 2. The van der Waals surface area contributed by atoms with Gasteiger partial charge in [-0.05, 0) is 93.2 Å². The fourth-order valence-electron chi connectivity index (χ4n) is 11.4. The molecule has 1 aliphatic heterocycles. The first kappa shape index (κ1) is 38.0. The summed E-state index contributed by atoms with van der Waals surface area (Å²) in [5, 5.41) is 12.8. The molecule has 14 rings (SSSR count). The first-order chi connectivity index (χ1) is 33.1. The summed E-state index contributed by atoms with van der Waals surface area (Å²) in [4.78, 5) is 11.6. The van der Waals surface area contributed by atoms with Gasteiger partial charge in [-0.1, -0.05) is 159 Å². The Morgan fingerprint density at radius 1 is 0.522 bits per heavy atom. The average molecular weight is 862 g/mol. The first-order valence-corrected chi connectivity index (χ1v) is 23.4. The molecule has 0 saturated carbocycles. The highest BCUT2D eigenvalue weighted by Gasteiger charge is 2.32. The summed E-state index contributed by atoms with van der Waals surface area (Å²) in [6.07, 6.45) is 7.60. The van der Waals surface area contributed by atoms with Crippen molar-refractivity contribution in [2.24, 2.45) is 21.8 Å². The van der Waals surface area contributed by atoms with E-state index in [0.29, 0.717) is 5.84 Å². The van der Waals surface area contributed by atoms with E-state index in [1.807, 2.05) is 6.07 Å². The Morgan fingerprint density at radius 3 is 2.01 bits per heavy atom. The molecule has 3 unspecified atom stereocenters. The molecule has 3 atom stereocenters.